The van der Waals surface area contributed by atoms with Gasteiger partial charge in [-0.05, 0) is 54.7 Å². The van der Waals surface area contributed by atoms with Crippen LogP contribution in [0.3, 0.4) is 0 Å². The van der Waals surface area contributed by atoms with E-state index in [0.29, 0.717) is 17.6 Å². The van der Waals surface area contributed by atoms with E-state index in [1.54, 1.807) is 0 Å². The lowest BCUT2D eigenvalue weighted by atomic mass is 9.74. The third-order valence-electron chi connectivity index (χ3n) is 6.46. The molecule has 0 amide bonds. The Bertz CT molecular complexity index is 713. The van der Waals surface area contributed by atoms with Crippen LogP contribution in [0.5, 0.6) is 5.75 Å². The van der Waals surface area contributed by atoms with Gasteiger partial charge in [0.2, 0.25) is 0 Å². The van der Waals surface area contributed by atoms with Crippen LogP contribution in [0.4, 0.5) is 0 Å². The van der Waals surface area contributed by atoms with Crippen LogP contribution in [0, 0.1) is 17.8 Å². The summed E-state index contributed by atoms with van der Waals surface area (Å²) in [5.41, 5.74) is 2.33. The second-order valence-electron chi connectivity index (χ2n) is 8.54. The Balaban J connectivity index is 1.68. The van der Waals surface area contributed by atoms with Crippen LogP contribution in [0.15, 0.2) is 30.4 Å². The second-order valence-corrected chi connectivity index (χ2v) is 8.54. The molecule has 0 heterocycles. The fourth-order valence-electron chi connectivity index (χ4n) is 4.90. The van der Waals surface area contributed by atoms with Crippen LogP contribution in [0.1, 0.15) is 50.2 Å². The van der Waals surface area contributed by atoms with Gasteiger partial charge in [0, 0.05) is 5.92 Å². The number of unbranched alkanes of at least 4 members (excludes halogenated alkanes) is 2. The molecule has 1 fully saturated rings. The summed E-state index contributed by atoms with van der Waals surface area (Å²) in [7, 11) is 0. The first-order valence-corrected chi connectivity index (χ1v) is 10.9. The number of hydrogen-bond acceptors (Lipinski definition) is 5. The molecular formula is C24H34O5. The Morgan fingerprint density at radius 3 is 2.90 bits per heavy atom. The van der Waals surface area contributed by atoms with Crippen molar-refractivity contribution in [2.75, 3.05) is 13.2 Å². The smallest absolute Gasteiger partial charge is 0.195 e. The monoisotopic (exact) mass is 402 g/mol. The van der Waals surface area contributed by atoms with E-state index < -0.39 is 18.8 Å². The quantitative estimate of drug-likeness (QED) is 0.414. The Morgan fingerprint density at radius 2 is 2.14 bits per heavy atom. The van der Waals surface area contributed by atoms with Crippen molar-refractivity contribution in [3.05, 3.63) is 41.5 Å². The summed E-state index contributed by atoms with van der Waals surface area (Å²) in [4.78, 5) is 11.4. The van der Waals surface area contributed by atoms with Crippen LogP contribution in [0.2, 0.25) is 0 Å². The molecule has 0 spiro atoms. The minimum Gasteiger partial charge on any atom is -0.485 e. The zero-order valence-electron chi connectivity index (χ0n) is 17.3. The number of aliphatic hydroxyl groups excluding tert-OH is 3. The molecule has 2 aliphatic carbocycles. The highest BCUT2D eigenvalue weighted by molar-refractivity contribution is 5.80. The van der Waals surface area contributed by atoms with Gasteiger partial charge in [0.1, 0.15) is 19.0 Å². The molecule has 1 saturated carbocycles. The second kappa shape index (κ2) is 10.4. The first kappa shape index (κ1) is 22.0. The minimum absolute atomic E-state index is 0.0644. The molecule has 160 valence electrons. The number of ether oxygens (including phenoxy) is 1. The highest BCUT2D eigenvalue weighted by Gasteiger charge is 2.44. The number of hydrogen-bond donors (Lipinski definition) is 3. The molecule has 5 atom stereocenters. The number of carbonyl (C=O) groups excluding carboxylic acids is 1. The zero-order chi connectivity index (χ0) is 20.8. The van der Waals surface area contributed by atoms with Crippen molar-refractivity contribution in [2.24, 2.45) is 17.8 Å². The lowest BCUT2D eigenvalue weighted by Gasteiger charge is -2.31. The number of ketones is 1. The number of carbonyl (C=O) groups is 1. The average Bonchev–Trinajstić information content (AvgIpc) is 3.02. The summed E-state index contributed by atoms with van der Waals surface area (Å²) >= 11 is 0. The summed E-state index contributed by atoms with van der Waals surface area (Å²) in [6, 6.07) is 5.90. The highest BCUT2D eigenvalue weighted by atomic mass is 16.5. The van der Waals surface area contributed by atoms with E-state index in [-0.39, 0.29) is 18.3 Å². The minimum atomic E-state index is -0.510. The molecule has 1 aromatic rings. The number of aliphatic hydroxyl groups is 3. The van der Waals surface area contributed by atoms with E-state index in [1.165, 1.54) is 5.56 Å². The van der Waals surface area contributed by atoms with E-state index in [0.717, 1.165) is 50.5 Å². The molecule has 5 heteroatoms. The van der Waals surface area contributed by atoms with Crippen LogP contribution in [-0.2, 0) is 17.6 Å². The van der Waals surface area contributed by atoms with Crippen LogP contribution >= 0.6 is 0 Å². The Kier molecular flexibility index (Phi) is 7.87. The average molecular weight is 403 g/mol. The van der Waals surface area contributed by atoms with Crippen molar-refractivity contribution in [2.45, 2.75) is 64.1 Å². The van der Waals surface area contributed by atoms with E-state index in [1.807, 2.05) is 24.3 Å². The third-order valence-corrected chi connectivity index (χ3v) is 6.46. The largest absolute Gasteiger partial charge is 0.485 e. The standard InChI is InChI=1S/C24H34O5/c1-2-3-4-7-18(26)9-10-20-21-11-16-6-5-8-24(29-15-19(27)14-25)22(16)12-17(21)13-23(20)28/h5-6,8-10,17-18,20-21,23,25-26,28H,2-4,7,11-15H2,1H3/t17?,18-,20+,21-,23+/m0/s1. The van der Waals surface area contributed by atoms with Crippen LogP contribution in [0.25, 0.3) is 0 Å². The highest BCUT2D eigenvalue weighted by Crippen LogP contribution is 2.47. The van der Waals surface area contributed by atoms with Crippen LogP contribution in [-0.4, -0.2) is 46.5 Å². The molecule has 1 aromatic carbocycles. The summed E-state index contributed by atoms with van der Waals surface area (Å²) in [6.45, 7) is 1.52. The molecule has 1 unspecified atom stereocenters. The summed E-state index contributed by atoms with van der Waals surface area (Å²) in [5.74, 6) is 1.15. The summed E-state index contributed by atoms with van der Waals surface area (Å²) in [5, 5.41) is 29.8. The third kappa shape index (κ3) is 5.47. The maximum absolute atomic E-state index is 11.4. The SMILES string of the molecule is CCCCC[C@H](O)C=C[C@H]1[C@H](O)CC2Cc3c(cccc3OCC(=O)CO)C[C@@H]21. The molecular weight excluding hydrogens is 368 g/mol. The number of benzene rings is 1. The molecule has 0 aromatic heterocycles. The maximum Gasteiger partial charge on any atom is 0.195 e. The Labute approximate surface area is 173 Å². The van der Waals surface area contributed by atoms with Gasteiger partial charge in [-0.15, -0.1) is 0 Å². The van der Waals surface area contributed by atoms with Crippen molar-refractivity contribution in [3.8, 4) is 5.75 Å². The van der Waals surface area contributed by atoms with Crippen molar-refractivity contribution >= 4 is 5.78 Å². The normalized spacial score (nSPS) is 26.9. The van der Waals surface area contributed by atoms with Gasteiger partial charge in [0.25, 0.3) is 0 Å². The molecule has 2 aliphatic rings. The fourth-order valence-corrected chi connectivity index (χ4v) is 4.90. The molecule has 3 rings (SSSR count). The zero-order valence-corrected chi connectivity index (χ0v) is 17.3. The van der Waals surface area contributed by atoms with Crippen LogP contribution < -0.4 is 4.74 Å². The predicted molar refractivity (Wildman–Crippen MR) is 112 cm³/mol. The number of fused-ring (bicyclic) bond motifs is 2. The van der Waals surface area contributed by atoms with E-state index in [2.05, 4.69) is 13.0 Å². The first-order chi connectivity index (χ1) is 14.0. The maximum atomic E-state index is 11.4. The van der Waals surface area contributed by atoms with E-state index in [4.69, 9.17) is 9.84 Å². The molecule has 3 N–H and O–H groups in total. The van der Waals surface area contributed by atoms with Crippen molar-refractivity contribution in [1.82, 2.24) is 0 Å². The number of Topliss-reactive ketones (excluding diaryl/α,β-unsaturated/α-hetero) is 1. The topological polar surface area (TPSA) is 87.0 Å². The van der Waals surface area contributed by atoms with Crippen molar-refractivity contribution in [1.29, 1.82) is 0 Å². The lowest BCUT2D eigenvalue weighted by molar-refractivity contribution is -0.123. The molecule has 5 nitrogen and oxygen atoms in total. The Hall–Kier alpha value is -1.69. The van der Waals surface area contributed by atoms with Gasteiger partial charge in [-0.3, -0.25) is 4.79 Å². The summed E-state index contributed by atoms with van der Waals surface area (Å²) < 4.78 is 5.67. The summed E-state index contributed by atoms with van der Waals surface area (Å²) in [6.07, 6.45) is 9.59. The predicted octanol–water partition coefficient (Wildman–Crippen LogP) is 2.84. The molecule has 29 heavy (non-hydrogen) atoms. The van der Waals surface area contributed by atoms with Gasteiger partial charge >= 0.3 is 0 Å². The van der Waals surface area contributed by atoms with Gasteiger partial charge in [0.15, 0.2) is 5.78 Å². The van der Waals surface area contributed by atoms with Gasteiger partial charge in [-0.25, -0.2) is 0 Å². The molecule has 0 bridgehead atoms. The van der Waals surface area contributed by atoms with Gasteiger partial charge in [0.05, 0.1) is 12.2 Å². The van der Waals surface area contributed by atoms with Crippen molar-refractivity contribution in [3.63, 3.8) is 0 Å². The van der Waals surface area contributed by atoms with Gasteiger partial charge in [-0.1, -0.05) is 50.5 Å². The first-order valence-electron chi connectivity index (χ1n) is 10.9. The van der Waals surface area contributed by atoms with E-state index >= 15 is 0 Å². The number of rotatable bonds is 10. The lowest BCUT2D eigenvalue weighted by Crippen LogP contribution is -2.26. The molecule has 0 aliphatic heterocycles. The van der Waals surface area contributed by atoms with Gasteiger partial charge < -0.3 is 20.1 Å². The van der Waals surface area contributed by atoms with Gasteiger partial charge in [-0.2, -0.15) is 0 Å². The van der Waals surface area contributed by atoms with Crippen molar-refractivity contribution < 1.29 is 24.9 Å². The molecule has 0 saturated heterocycles. The Morgan fingerprint density at radius 1 is 1.31 bits per heavy atom. The fraction of sp³-hybridized carbons (Fsp3) is 0.625. The molecule has 0 radical (unpaired) electrons. The van der Waals surface area contributed by atoms with E-state index in [9.17, 15) is 15.0 Å².